The molecule has 0 unspecified atom stereocenters. The van der Waals surface area contributed by atoms with Crippen LogP contribution in [-0.2, 0) is 13.0 Å². The van der Waals surface area contributed by atoms with Crippen LogP contribution in [0.3, 0.4) is 0 Å². The van der Waals surface area contributed by atoms with E-state index < -0.39 is 17.3 Å². The van der Waals surface area contributed by atoms with Crippen molar-refractivity contribution in [3.63, 3.8) is 0 Å². The summed E-state index contributed by atoms with van der Waals surface area (Å²) in [6.07, 6.45) is 2.35. The molecule has 1 aromatic carbocycles. The van der Waals surface area contributed by atoms with Gasteiger partial charge < -0.3 is 10.4 Å². The summed E-state index contributed by atoms with van der Waals surface area (Å²) >= 11 is 0. The lowest BCUT2D eigenvalue weighted by atomic mass is 9.91. The lowest BCUT2D eigenvalue weighted by Crippen LogP contribution is -2.38. The van der Waals surface area contributed by atoms with E-state index in [1.165, 1.54) is 6.08 Å². The molecule has 1 aliphatic rings. The number of fused-ring (bicyclic) bond motifs is 1. The van der Waals surface area contributed by atoms with Crippen LogP contribution in [0, 0.1) is 0 Å². The highest BCUT2D eigenvalue weighted by molar-refractivity contribution is 5.41. The third-order valence-corrected chi connectivity index (χ3v) is 3.92. The molecular formula is C16H17N3O3. The molecule has 6 nitrogen and oxygen atoms in total. The molecule has 22 heavy (non-hydrogen) atoms. The normalized spacial score (nSPS) is 17.0. The summed E-state index contributed by atoms with van der Waals surface area (Å²) < 4.78 is 1.10. The van der Waals surface area contributed by atoms with Crippen LogP contribution in [0.1, 0.15) is 22.7 Å². The van der Waals surface area contributed by atoms with Gasteiger partial charge in [0.25, 0.3) is 5.56 Å². The van der Waals surface area contributed by atoms with Gasteiger partial charge in [0, 0.05) is 13.1 Å². The van der Waals surface area contributed by atoms with Crippen LogP contribution in [0.25, 0.3) is 0 Å². The van der Waals surface area contributed by atoms with E-state index in [9.17, 15) is 14.7 Å². The van der Waals surface area contributed by atoms with Crippen molar-refractivity contribution in [3.8, 4) is 5.88 Å². The maximum atomic E-state index is 12.2. The summed E-state index contributed by atoms with van der Waals surface area (Å²) in [5.74, 6) is -0.317. The first kappa shape index (κ1) is 14.3. The summed E-state index contributed by atoms with van der Waals surface area (Å²) in [5.41, 5.74) is 1.02. The van der Waals surface area contributed by atoms with Crippen LogP contribution in [0.5, 0.6) is 5.88 Å². The maximum absolute atomic E-state index is 12.2. The van der Waals surface area contributed by atoms with Gasteiger partial charge >= 0.3 is 5.69 Å². The third-order valence-electron chi connectivity index (χ3n) is 3.92. The molecule has 0 spiro atoms. The van der Waals surface area contributed by atoms with Gasteiger partial charge in [-0.1, -0.05) is 30.3 Å². The van der Waals surface area contributed by atoms with Crippen LogP contribution in [0.4, 0.5) is 0 Å². The number of hydrogen-bond donors (Lipinski definition) is 3. The van der Waals surface area contributed by atoms with Gasteiger partial charge in [0.15, 0.2) is 0 Å². The molecule has 1 atom stereocenters. The third kappa shape index (κ3) is 2.27. The van der Waals surface area contributed by atoms with E-state index in [2.05, 4.69) is 16.9 Å². The van der Waals surface area contributed by atoms with E-state index in [-0.39, 0.29) is 18.0 Å². The minimum Gasteiger partial charge on any atom is -0.494 e. The molecule has 1 aromatic heterocycles. The Morgan fingerprint density at radius 1 is 1.36 bits per heavy atom. The standard InChI is InChI=1S/C16H17N3O3/c1-2-9-19-15(21)12(14(20)18-16(19)22)13-11-6-4-3-5-10(11)7-8-17-13/h2-6,13,17,21H,1,7-9H2,(H,18,20,22)/t13-/m0/s1. The maximum Gasteiger partial charge on any atom is 0.331 e. The zero-order valence-corrected chi connectivity index (χ0v) is 12.0. The molecule has 3 N–H and O–H groups in total. The first-order valence-electron chi connectivity index (χ1n) is 7.11. The van der Waals surface area contributed by atoms with Crippen molar-refractivity contribution in [2.75, 3.05) is 6.54 Å². The summed E-state index contributed by atoms with van der Waals surface area (Å²) in [4.78, 5) is 26.3. The fraction of sp³-hybridized carbons (Fsp3) is 0.250. The van der Waals surface area contributed by atoms with Gasteiger partial charge in [-0.2, -0.15) is 0 Å². The first-order chi connectivity index (χ1) is 10.6. The fourth-order valence-corrected chi connectivity index (χ4v) is 2.90. The number of rotatable bonds is 3. The highest BCUT2D eigenvalue weighted by Crippen LogP contribution is 2.30. The Kier molecular flexibility index (Phi) is 3.68. The topological polar surface area (TPSA) is 87.1 Å². The Morgan fingerprint density at radius 2 is 2.14 bits per heavy atom. The zero-order chi connectivity index (χ0) is 15.7. The van der Waals surface area contributed by atoms with E-state index in [4.69, 9.17) is 0 Å². The number of aromatic amines is 1. The second-order valence-electron chi connectivity index (χ2n) is 5.23. The predicted molar refractivity (Wildman–Crippen MR) is 83.2 cm³/mol. The average Bonchev–Trinajstić information content (AvgIpc) is 2.51. The summed E-state index contributed by atoms with van der Waals surface area (Å²) in [5, 5.41) is 13.7. The molecule has 2 aromatic rings. The molecule has 114 valence electrons. The number of H-pyrrole nitrogens is 1. The Labute approximate surface area is 126 Å². The highest BCUT2D eigenvalue weighted by Gasteiger charge is 2.27. The van der Waals surface area contributed by atoms with Gasteiger partial charge in [-0.25, -0.2) is 4.79 Å². The Bertz CT molecular complexity index is 835. The second kappa shape index (κ2) is 5.65. The van der Waals surface area contributed by atoms with Crippen molar-refractivity contribution in [1.82, 2.24) is 14.9 Å². The Morgan fingerprint density at radius 3 is 2.91 bits per heavy atom. The smallest absolute Gasteiger partial charge is 0.331 e. The van der Waals surface area contributed by atoms with Crippen LogP contribution < -0.4 is 16.6 Å². The number of nitrogens with one attached hydrogen (secondary N) is 2. The van der Waals surface area contributed by atoms with Crippen molar-refractivity contribution < 1.29 is 5.11 Å². The molecular weight excluding hydrogens is 282 g/mol. The van der Waals surface area contributed by atoms with Crippen molar-refractivity contribution in [2.45, 2.75) is 19.0 Å². The molecule has 0 bridgehead atoms. The minimum absolute atomic E-state index is 0.128. The molecule has 0 saturated heterocycles. The lowest BCUT2D eigenvalue weighted by molar-refractivity contribution is 0.392. The van der Waals surface area contributed by atoms with Gasteiger partial charge in [-0.05, 0) is 17.5 Å². The molecule has 3 rings (SSSR count). The van der Waals surface area contributed by atoms with E-state index in [0.29, 0.717) is 6.54 Å². The summed E-state index contributed by atoms with van der Waals surface area (Å²) in [6.45, 7) is 4.38. The van der Waals surface area contributed by atoms with E-state index in [1.54, 1.807) is 0 Å². The molecule has 1 aliphatic heterocycles. The van der Waals surface area contributed by atoms with Gasteiger partial charge in [-0.15, -0.1) is 6.58 Å². The average molecular weight is 299 g/mol. The van der Waals surface area contributed by atoms with Crippen molar-refractivity contribution in [2.24, 2.45) is 0 Å². The summed E-state index contributed by atoms with van der Waals surface area (Å²) in [7, 11) is 0. The molecule has 6 heteroatoms. The number of aromatic nitrogens is 2. The Balaban J connectivity index is 2.22. The number of aromatic hydroxyl groups is 1. The van der Waals surface area contributed by atoms with Crippen LogP contribution in [0.2, 0.25) is 0 Å². The molecule has 0 aliphatic carbocycles. The first-order valence-corrected chi connectivity index (χ1v) is 7.11. The molecule has 0 radical (unpaired) electrons. The number of benzene rings is 1. The van der Waals surface area contributed by atoms with E-state index in [1.807, 2.05) is 24.3 Å². The molecule has 0 saturated carbocycles. The fourth-order valence-electron chi connectivity index (χ4n) is 2.90. The minimum atomic E-state index is -0.643. The van der Waals surface area contributed by atoms with E-state index >= 15 is 0 Å². The van der Waals surface area contributed by atoms with Gasteiger partial charge in [0.1, 0.15) is 0 Å². The van der Waals surface area contributed by atoms with Crippen molar-refractivity contribution in [1.29, 1.82) is 0 Å². The summed E-state index contributed by atoms with van der Waals surface area (Å²) in [6, 6.07) is 7.33. The van der Waals surface area contributed by atoms with Gasteiger partial charge in [0.05, 0.1) is 11.6 Å². The molecule has 0 amide bonds. The molecule has 2 heterocycles. The SMILES string of the molecule is C=CCn1c(O)c([C@H]2NCCc3ccccc32)c(=O)[nH]c1=O. The number of hydrogen-bond acceptors (Lipinski definition) is 4. The largest absolute Gasteiger partial charge is 0.494 e. The number of allylic oxidation sites excluding steroid dienone is 1. The second-order valence-corrected chi connectivity index (χ2v) is 5.23. The van der Waals surface area contributed by atoms with Crippen molar-refractivity contribution >= 4 is 0 Å². The predicted octanol–water partition coefficient (Wildman–Crippen LogP) is 0.663. The number of nitrogens with zero attached hydrogens (tertiary/aromatic N) is 1. The van der Waals surface area contributed by atoms with Crippen LogP contribution in [0.15, 0.2) is 46.5 Å². The zero-order valence-electron chi connectivity index (χ0n) is 12.0. The van der Waals surface area contributed by atoms with Crippen LogP contribution >= 0.6 is 0 Å². The monoisotopic (exact) mass is 299 g/mol. The molecule has 0 fully saturated rings. The highest BCUT2D eigenvalue weighted by atomic mass is 16.3. The quantitative estimate of drug-likeness (QED) is 0.727. The van der Waals surface area contributed by atoms with Gasteiger partial charge in [0.2, 0.25) is 5.88 Å². The lowest BCUT2D eigenvalue weighted by Gasteiger charge is -2.27. The van der Waals surface area contributed by atoms with E-state index in [0.717, 1.165) is 22.1 Å². The Hall–Kier alpha value is -2.60. The van der Waals surface area contributed by atoms with Crippen molar-refractivity contribution in [3.05, 3.63) is 74.4 Å². The van der Waals surface area contributed by atoms with Crippen LogP contribution in [-0.4, -0.2) is 21.2 Å². The van der Waals surface area contributed by atoms with Gasteiger partial charge in [-0.3, -0.25) is 14.3 Å².